The van der Waals surface area contributed by atoms with E-state index in [-0.39, 0.29) is 0 Å². The zero-order chi connectivity index (χ0) is 12.7. The number of unbranched alkanes of at least 4 members (excludes halogenated alkanes) is 1. The van der Waals surface area contributed by atoms with Crippen LogP contribution in [0.25, 0.3) is 0 Å². The molecule has 1 aromatic rings. The minimum Gasteiger partial charge on any atom is -0.497 e. The summed E-state index contributed by atoms with van der Waals surface area (Å²) in [5.74, 6) is 0.829. The molecule has 1 rings (SSSR count). The van der Waals surface area contributed by atoms with Crippen LogP contribution in [0.2, 0.25) is 0 Å². The second-order valence-corrected chi connectivity index (χ2v) is 4.39. The maximum atomic E-state index is 5.88. The Hall–Kier alpha value is -1.42. The van der Waals surface area contributed by atoms with Gasteiger partial charge >= 0.3 is 0 Å². The molecule has 1 aromatic carbocycles. The molecule has 0 unspecified atom stereocenters. The number of methoxy groups -OCH3 is 1. The normalized spacial score (nSPS) is 10.6. The van der Waals surface area contributed by atoms with Gasteiger partial charge in [-0.2, -0.15) is 0 Å². The molecule has 0 saturated carbocycles. The van der Waals surface area contributed by atoms with Gasteiger partial charge in [0.25, 0.3) is 0 Å². The number of anilines is 2. The van der Waals surface area contributed by atoms with E-state index in [9.17, 15) is 0 Å². The SMILES string of the molecule is COc1ccc(N)c(NCCCCN(C)C)c1. The highest BCUT2D eigenvalue weighted by Crippen LogP contribution is 2.24. The lowest BCUT2D eigenvalue weighted by Crippen LogP contribution is -2.14. The molecule has 0 atom stereocenters. The predicted molar refractivity (Wildman–Crippen MR) is 73.7 cm³/mol. The Morgan fingerprint density at radius 2 is 2.06 bits per heavy atom. The van der Waals surface area contributed by atoms with E-state index < -0.39 is 0 Å². The van der Waals surface area contributed by atoms with Crippen LogP contribution in [0.5, 0.6) is 5.75 Å². The smallest absolute Gasteiger partial charge is 0.121 e. The summed E-state index contributed by atoms with van der Waals surface area (Å²) in [7, 11) is 5.84. The molecule has 0 aliphatic heterocycles. The number of nitrogen functional groups attached to an aromatic ring is 1. The molecule has 0 aliphatic rings. The number of benzene rings is 1. The second-order valence-electron chi connectivity index (χ2n) is 4.39. The van der Waals surface area contributed by atoms with Gasteiger partial charge in [0, 0.05) is 12.6 Å². The summed E-state index contributed by atoms with van der Waals surface area (Å²) >= 11 is 0. The van der Waals surface area contributed by atoms with Crippen molar-refractivity contribution in [2.75, 3.05) is 45.3 Å². The van der Waals surface area contributed by atoms with Crippen molar-refractivity contribution >= 4 is 11.4 Å². The first-order chi connectivity index (χ1) is 8.13. The van der Waals surface area contributed by atoms with Gasteiger partial charge in [0.05, 0.1) is 18.5 Å². The molecule has 17 heavy (non-hydrogen) atoms. The number of nitrogens with one attached hydrogen (secondary N) is 1. The Balaban J connectivity index is 2.35. The molecule has 4 nitrogen and oxygen atoms in total. The van der Waals surface area contributed by atoms with E-state index in [1.54, 1.807) is 7.11 Å². The number of nitrogens with two attached hydrogens (primary N) is 1. The Bertz CT molecular complexity index is 339. The third-order valence-electron chi connectivity index (χ3n) is 2.61. The first-order valence-electron chi connectivity index (χ1n) is 5.95. The van der Waals surface area contributed by atoms with Crippen LogP contribution in [0.15, 0.2) is 18.2 Å². The summed E-state index contributed by atoms with van der Waals surface area (Å²) in [6, 6.07) is 5.66. The van der Waals surface area contributed by atoms with E-state index in [0.29, 0.717) is 0 Å². The van der Waals surface area contributed by atoms with Crippen molar-refractivity contribution < 1.29 is 4.74 Å². The first kappa shape index (κ1) is 13.6. The quantitative estimate of drug-likeness (QED) is 0.563. The molecule has 0 aromatic heterocycles. The molecule has 0 aliphatic carbocycles. The third-order valence-corrected chi connectivity index (χ3v) is 2.61. The van der Waals surface area contributed by atoms with Crippen LogP contribution in [0, 0.1) is 0 Å². The van der Waals surface area contributed by atoms with Gasteiger partial charge in [0.15, 0.2) is 0 Å². The van der Waals surface area contributed by atoms with Crippen molar-refractivity contribution in [3.8, 4) is 5.75 Å². The molecule has 0 amide bonds. The zero-order valence-corrected chi connectivity index (χ0v) is 11.0. The van der Waals surface area contributed by atoms with E-state index in [4.69, 9.17) is 10.5 Å². The maximum Gasteiger partial charge on any atom is 0.121 e. The minimum atomic E-state index is 0.762. The van der Waals surface area contributed by atoms with Crippen LogP contribution in [-0.2, 0) is 0 Å². The van der Waals surface area contributed by atoms with Crippen molar-refractivity contribution in [1.29, 1.82) is 0 Å². The highest BCUT2D eigenvalue weighted by Gasteiger charge is 2.00. The van der Waals surface area contributed by atoms with E-state index in [2.05, 4.69) is 24.3 Å². The number of hydrogen-bond donors (Lipinski definition) is 2. The topological polar surface area (TPSA) is 50.5 Å². The Morgan fingerprint density at radius 1 is 1.29 bits per heavy atom. The minimum absolute atomic E-state index is 0.762. The van der Waals surface area contributed by atoms with Crippen LogP contribution in [0.1, 0.15) is 12.8 Å². The van der Waals surface area contributed by atoms with Crippen LogP contribution < -0.4 is 15.8 Å². The van der Waals surface area contributed by atoms with Crippen LogP contribution in [-0.4, -0.2) is 39.2 Å². The molecule has 0 heterocycles. The Morgan fingerprint density at radius 3 is 2.71 bits per heavy atom. The molecule has 3 N–H and O–H groups in total. The van der Waals surface area contributed by atoms with Crippen LogP contribution >= 0.6 is 0 Å². The van der Waals surface area contributed by atoms with Gasteiger partial charge in [-0.3, -0.25) is 0 Å². The standard InChI is InChI=1S/C13H23N3O/c1-16(2)9-5-4-8-15-13-10-11(17-3)6-7-12(13)14/h6-7,10,15H,4-5,8-9,14H2,1-3H3. The van der Waals surface area contributed by atoms with Gasteiger partial charge in [-0.25, -0.2) is 0 Å². The number of nitrogens with zero attached hydrogens (tertiary/aromatic N) is 1. The van der Waals surface area contributed by atoms with E-state index in [0.717, 1.165) is 36.6 Å². The zero-order valence-electron chi connectivity index (χ0n) is 11.0. The lowest BCUT2D eigenvalue weighted by atomic mass is 10.2. The monoisotopic (exact) mass is 237 g/mol. The summed E-state index contributed by atoms with van der Waals surface area (Å²) in [5, 5.41) is 3.34. The first-order valence-corrected chi connectivity index (χ1v) is 5.95. The fourth-order valence-corrected chi connectivity index (χ4v) is 1.59. The van der Waals surface area contributed by atoms with Gasteiger partial charge in [0.1, 0.15) is 5.75 Å². The number of rotatable bonds is 7. The molecule has 96 valence electrons. The highest BCUT2D eigenvalue weighted by molar-refractivity contribution is 5.68. The Kier molecular flexibility index (Phi) is 5.63. The summed E-state index contributed by atoms with van der Waals surface area (Å²) in [4.78, 5) is 2.19. The predicted octanol–water partition coefficient (Wildman–Crippen LogP) is 2.03. The van der Waals surface area contributed by atoms with Crippen LogP contribution in [0.4, 0.5) is 11.4 Å². The molecule has 0 spiro atoms. The molecular formula is C13H23N3O. The van der Waals surface area contributed by atoms with Gasteiger partial charge in [-0.1, -0.05) is 0 Å². The summed E-state index contributed by atoms with van der Waals surface area (Å²) in [5.41, 5.74) is 7.60. The van der Waals surface area contributed by atoms with Gasteiger partial charge in [-0.05, 0) is 45.6 Å². The molecular weight excluding hydrogens is 214 g/mol. The lowest BCUT2D eigenvalue weighted by Gasteiger charge is -2.12. The Labute approximate surface area is 104 Å². The van der Waals surface area contributed by atoms with Gasteiger partial charge < -0.3 is 20.7 Å². The van der Waals surface area contributed by atoms with Gasteiger partial charge in [0.2, 0.25) is 0 Å². The molecule has 4 heteroatoms. The third kappa shape index (κ3) is 4.95. The summed E-state index contributed by atoms with van der Waals surface area (Å²) in [6.07, 6.45) is 2.32. The van der Waals surface area contributed by atoms with Gasteiger partial charge in [-0.15, -0.1) is 0 Å². The van der Waals surface area contributed by atoms with Crippen molar-refractivity contribution in [1.82, 2.24) is 4.90 Å². The lowest BCUT2D eigenvalue weighted by molar-refractivity contribution is 0.396. The molecule has 0 bridgehead atoms. The fourth-order valence-electron chi connectivity index (χ4n) is 1.59. The van der Waals surface area contributed by atoms with Crippen LogP contribution in [0.3, 0.4) is 0 Å². The van der Waals surface area contributed by atoms with Crippen molar-refractivity contribution in [3.05, 3.63) is 18.2 Å². The maximum absolute atomic E-state index is 5.88. The average Bonchev–Trinajstić information content (AvgIpc) is 2.30. The van der Waals surface area contributed by atoms with E-state index in [1.807, 2.05) is 18.2 Å². The van der Waals surface area contributed by atoms with E-state index >= 15 is 0 Å². The number of hydrogen-bond acceptors (Lipinski definition) is 4. The van der Waals surface area contributed by atoms with E-state index in [1.165, 1.54) is 6.42 Å². The summed E-state index contributed by atoms with van der Waals surface area (Å²) in [6.45, 7) is 2.06. The average molecular weight is 237 g/mol. The fraction of sp³-hybridized carbons (Fsp3) is 0.538. The molecule has 0 fully saturated rings. The van der Waals surface area contributed by atoms with Crippen molar-refractivity contribution in [3.63, 3.8) is 0 Å². The molecule has 0 saturated heterocycles. The van der Waals surface area contributed by atoms with Crippen molar-refractivity contribution in [2.24, 2.45) is 0 Å². The number of ether oxygens (including phenoxy) is 1. The van der Waals surface area contributed by atoms with Crippen molar-refractivity contribution in [2.45, 2.75) is 12.8 Å². The largest absolute Gasteiger partial charge is 0.497 e. The highest BCUT2D eigenvalue weighted by atomic mass is 16.5. The summed E-state index contributed by atoms with van der Waals surface area (Å²) < 4.78 is 5.17. The molecule has 0 radical (unpaired) electrons. The second kappa shape index (κ2) is 7.01.